The first kappa shape index (κ1) is 24.9. The summed E-state index contributed by atoms with van der Waals surface area (Å²) >= 11 is 1.47. The van der Waals surface area contributed by atoms with Gasteiger partial charge in [0.2, 0.25) is 0 Å². The third-order valence-electron chi connectivity index (χ3n) is 4.72. The molecule has 0 fully saturated rings. The first-order valence-electron chi connectivity index (χ1n) is 10.7. The van der Waals surface area contributed by atoms with Crippen molar-refractivity contribution in [1.82, 2.24) is 10.6 Å². The van der Waals surface area contributed by atoms with Gasteiger partial charge < -0.3 is 24.8 Å². The molecule has 178 valence electrons. The third kappa shape index (κ3) is 6.86. The zero-order chi connectivity index (χ0) is 24.5. The van der Waals surface area contributed by atoms with Gasteiger partial charge in [-0.3, -0.25) is 9.59 Å². The number of carbonyl (C=O) groups is 2. The molecule has 34 heavy (non-hydrogen) atoms. The van der Waals surface area contributed by atoms with Crippen LogP contribution in [0.5, 0.6) is 17.2 Å². The van der Waals surface area contributed by atoms with Gasteiger partial charge in [0.15, 0.2) is 11.5 Å². The molecule has 0 aliphatic carbocycles. The average molecular weight is 481 g/mol. The number of hydrogen-bond acceptors (Lipinski definition) is 6. The van der Waals surface area contributed by atoms with Crippen LogP contribution >= 0.6 is 11.3 Å². The molecule has 0 spiro atoms. The van der Waals surface area contributed by atoms with Crippen molar-refractivity contribution in [2.45, 2.75) is 26.5 Å². The summed E-state index contributed by atoms with van der Waals surface area (Å²) in [7, 11) is 3.02. The van der Waals surface area contributed by atoms with Crippen molar-refractivity contribution in [3.05, 3.63) is 81.7 Å². The van der Waals surface area contributed by atoms with Gasteiger partial charge in [-0.2, -0.15) is 0 Å². The van der Waals surface area contributed by atoms with E-state index in [1.807, 2.05) is 55.6 Å². The van der Waals surface area contributed by atoms with Gasteiger partial charge in [0.25, 0.3) is 11.8 Å². The van der Waals surface area contributed by atoms with E-state index in [-0.39, 0.29) is 11.8 Å². The maximum atomic E-state index is 13.0. The van der Waals surface area contributed by atoms with Crippen molar-refractivity contribution in [3.63, 3.8) is 0 Å². The summed E-state index contributed by atoms with van der Waals surface area (Å²) in [6, 6.07) is 16.1. The molecule has 1 heterocycles. The van der Waals surface area contributed by atoms with Crippen LogP contribution < -0.4 is 24.8 Å². The molecule has 2 amide bonds. The predicted molar refractivity (Wildman–Crippen MR) is 133 cm³/mol. The molecule has 7 nitrogen and oxygen atoms in total. The number of hydrogen-bond donors (Lipinski definition) is 2. The molecule has 0 atom stereocenters. The second-order valence-electron chi connectivity index (χ2n) is 7.59. The quantitative estimate of drug-likeness (QED) is 0.413. The van der Waals surface area contributed by atoms with E-state index in [4.69, 9.17) is 14.2 Å². The number of benzene rings is 2. The summed E-state index contributed by atoms with van der Waals surface area (Å²) in [6.45, 7) is 4.23. The third-order valence-corrected chi connectivity index (χ3v) is 5.54. The topological polar surface area (TPSA) is 85.9 Å². The van der Waals surface area contributed by atoms with Gasteiger partial charge in [-0.25, -0.2) is 0 Å². The lowest BCUT2D eigenvalue weighted by Gasteiger charge is -2.13. The minimum absolute atomic E-state index is 0.0878. The Bertz CT molecular complexity index is 1140. The number of nitrogens with one attached hydrogen (secondary N) is 2. The summed E-state index contributed by atoms with van der Waals surface area (Å²) in [4.78, 5) is 26.7. The first-order valence-corrected chi connectivity index (χ1v) is 11.6. The largest absolute Gasteiger partial charge is 0.493 e. The standard InChI is InChI=1S/C26H28N2O5S/c1-17(2)33-20-10-7-18(8-11-20)16-27-26(30)22(15-21-6-5-13-34-21)28-25(29)19-9-12-23(31-3)24(14-19)32-4/h5-15,17H,16H2,1-4H3,(H,27,30)(H,28,29)/b22-15-. The Hall–Kier alpha value is -3.78. The van der Waals surface area contributed by atoms with Crippen LogP contribution in [0.4, 0.5) is 0 Å². The molecular weight excluding hydrogens is 452 g/mol. The molecule has 8 heteroatoms. The van der Waals surface area contributed by atoms with E-state index in [0.717, 1.165) is 16.2 Å². The van der Waals surface area contributed by atoms with Crippen LogP contribution in [0.25, 0.3) is 6.08 Å². The Kier molecular flexibility index (Phi) is 8.70. The average Bonchev–Trinajstić information content (AvgIpc) is 3.35. The van der Waals surface area contributed by atoms with Crippen molar-refractivity contribution >= 4 is 29.2 Å². The van der Waals surface area contributed by atoms with Crippen molar-refractivity contribution in [3.8, 4) is 17.2 Å². The van der Waals surface area contributed by atoms with Gasteiger partial charge in [-0.15, -0.1) is 11.3 Å². The number of amides is 2. The van der Waals surface area contributed by atoms with Gasteiger partial charge in [0.05, 0.1) is 20.3 Å². The van der Waals surface area contributed by atoms with Crippen LogP contribution in [0.1, 0.15) is 34.6 Å². The van der Waals surface area contributed by atoms with Gasteiger partial charge >= 0.3 is 0 Å². The van der Waals surface area contributed by atoms with E-state index in [2.05, 4.69) is 10.6 Å². The van der Waals surface area contributed by atoms with E-state index in [0.29, 0.717) is 23.6 Å². The van der Waals surface area contributed by atoms with E-state index in [9.17, 15) is 9.59 Å². The maximum Gasteiger partial charge on any atom is 0.268 e. The monoisotopic (exact) mass is 480 g/mol. The molecule has 0 saturated heterocycles. The molecule has 2 aromatic carbocycles. The SMILES string of the molecule is COc1ccc(C(=O)N/C(=C\c2cccs2)C(=O)NCc2ccc(OC(C)C)cc2)cc1OC. The number of methoxy groups -OCH3 is 2. The van der Waals surface area contributed by atoms with Gasteiger partial charge in [-0.05, 0) is 67.3 Å². The molecule has 0 radical (unpaired) electrons. The Labute approximate surface area is 203 Å². The lowest BCUT2D eigenvalue weighted by atomic mass is 10.1. The second kappa shape index (κ2) is 11.9. The molecule has 0 saturated carbocycles. The molecule has 0 aliphatic heterocycles. The fourth-order valence-electron chi connectivity index (χ4n) is 3.08. The van der Waals surface area contributed by atoms with E-state index in [1.165, 1.54) is 25.6 Å². The van der Waals surface area contributed by atoms with Crippen LogP contribution in [-0.2, 0) is 11.3 Å². The van der Waals surface area contributed by atoms with E-state index < -0.39 is 11.8 Å². The molecule has 3 rings (SSSR count). The normalized spacial score (nSPS) is 11.1. The Balaban J connectivity index is 1.73. The Morgan fingerprint density at radius 1 is 1.00 bits per heavy atom. The van der Waals surface area contributed by atoms with E-state index in [1.54, 1.807) is 24.3 Å². The molecule has 1 aromatic heterocycles. The highest BCUT2D eigenvalue weighted by molar-refractivity contribution is 7.10. The summed E-state index contributed by atoms with van der Waals surface area (Å²) in [5, 5.41) is 7.50. The first-order chi connectivity index (χ1) is 16.4. The Morgan fingerprint density at radius 2 is 1.74 bits per heavy atom. The van der Waals surface area contributed by atoms with Crippen LogP contribution in [0.3, 0.4) is 0 Å². The highest BCUT2D eigenvalue weighted by Crippen LogP contribution is 2.27. The fraction of sp³-hybridized carbons (Fsp3) is 0.231. The summed E-state index contributed by atoms with van der Waals surface area (Å²) in [6.07, 6.45) is 1.74. The summed E-state index contributed by atoms with van der Waals surface area (Å²) in [5.74, 6) is 0.869. The van der Waals surface area contributed by atoms with Crippen LogP contribution in [0, 0.1) is 0 Å². The van der Waals surface area contributed by atoms with Gasteiger partial charge in [0, 0.05) is 17.0 Å². The lowest BCUT2D eigenvalue weighted by Crippen LogP contribution is -2.34. The lowest BCUT2D eigenvalue weighted by molar-refractivity contribution is -0.117. The minimum Gasteiger partial charge on any atom is -0.493 e. The van der Waals surface area contributed by atoms with E-state index >= 15 is 0 Å². The fourth-order valence-corrected chi connectivity index (χ4v) is 3.74. The summed E-state index contributed by atoms with van der Waals surface area (Å²) < 4.78 is 16.1. The smallest absolute Gasteiger partial charge is 0.268 e. The number of rotatable bonds is 10. The molecule has 3 aromatic rings. The highest BCUT2D eigenvalue weighted by Gasteiger charge is 2.17. The van der Waals surface area contributed by atoms with Crippen molar-refractivity contribution in [1.29, 1.82) is 0 Å². The van der Waals surface area contributed by atoms with Crippen molar-refractivity contribution in [2.24, 2.45) is 0 Å². The molecular formula is C26H28N2O5S. The zero-order valence-corrected chi connectivity index (χ0v) is 20.4. The van der Waals surface area contributed by atoms with Crippen molar-refractivity contribution < 1.29 is 23.8 Å². The molecule has 0 unspecified atom stereocenters. The predicted octanol–water partition coefficient (Wildman–Crippen LogP) is 4.64. The highest BCUT2D eigenvalue weighted by atomic mass is 32.1. The van der Waals surface area contributed by atoms with Crippen molar-refractivity contribution in [2.75, 3.05) is 14.2 Å². The molecule has 0 bridgehead atoms. The van der Waals surface area contributed by atoms with Crippen LogP contribution in [-0.4, -0.2) is 32.1 Å². The van der Waals surface area contributed by atoms with Crippen LogP contribution in [0.2, 0.25) is 0 Å². The van der Waals surface area contributed by atoms with Gasteiger partial charge in [-0.1, -0.05) is 18.2 Å². The van der Waals surface area contributed by atoms with Gasteiger partial charge in [0.1, 0.15) is 11.4 Å². The van der Waals surface area contributed by atoms with Crippen LogP contribution in [0.15, 0.2) is 65.7 Å². The molecule has 2 N–H and O–H groups in total. The number of thiophene rings is 1. The second-order valence-corrected chi connectivity index (χ2v) is 8.57. The Morgan fingerprint density at radius 3 is 2.35 bits per heavy atom. The number of carbonyl (C=O) groups excluding carboxylic acids is 2. The number of ether oxygens (including phenoxy) is 3. The minimum atomic E-state index is -0.436. The zero-order valence-electron chi connectivity index (χ0n) is 19.6. The maximum absolute atomic E-state index is 13.0. The molecule has 0 aliphatic rings. The summed E-state index contributed by atoms with van der Waals surface area (Å²) in [5.41, 5.74) is 1.39.